The molecule has 70 valence electrons. The number of esters is 1. The van der Waals surface area contributed by atoms with E-state index in [2.05, 4.69) is 29.5 Å². The Morgan fingerprint density at radius 3 is 2.75 bits per heavy atom. The Hall–Kier alpha value is -0.0600. The second-order valence-corrected chi connectivity index (χ2v) is 3.33. The smallest absolute Gasteiger partial charge is 0.309 e. The van der Waals surface area contributed by atoms with E-state index in [1.54, 1.807) is 0 Å². The first-order valence-electron chi connectivity index (χ1n) is 4.12. The molecule has 0 rings (SSSR count). The molecule has 0 saturated heterocycles. The lowest BCUT2D eigenvalue weighted by molar-refractivity contribution is -0.142. The lowest BCUT2D eigenvalue weighted by Gasteiger charge is -2.02. The predicted octanol–water partition coefficient (Wildman–Crippen LogP) is 3.06. The van der Waals surface area contributed by atoms with Crippen molar-refractivity contribution in [3.05, 3.63) is 9.66 Å². The standard InChI is InChI=1S/C9H15IO2/c1-3-4-5-12-9(11)6-8(2)7-10/h7H,3-6H2,1-2H3/b8-7+. The molecule has 0 aliphatic rings. The van der Waals surface area contributed by atoms with Crippen molar-refractivity contribution in [3.8, 4) is 0 Å². The van der Waals surface area contributed by atoms with E-state index in [0.29, 0.717) is 13.0 Å². The maximum Gasteiger partial charge on any atom is 0.309 e. The quantitative estimate of drug-likeness (QED) is 0.440. The zero-order chi connectivity index (χ0) is 9.40. The van der Waals surface area contributed by atoms with Crippen LogP contribution in [0.25, 0.3) is 0 Å². The van der Waals surface area contributed by atoms with Crippen molar-refractivity contribution < 1.29 is 9.53 Å². The van der Waals surface area contributed by atoms with Crippen molar-refractivity contribution in [2.45, 2.75) is 33.1 Å². The molecule has 0 bridgehead atoms. The first kappa shape index (κ1) is 11.9. The molecular formula is C9H15IO2. The van der Waals surface area contributed by atoms with Crippen LogP contribution in [0.4, 0.5) is 0 Å². The van der Waals surface area contributed by atoms with Gasteiger partial charge in [0.1, 0.15) is 0 Å². The molecule has 0 aromatic rings. The maximum absolute atomic E-state index is 11.0. The summed E-state index contributed by atoms with van der Waals surface area (Å²) in [5, 5.41) is 0. The molecule has 12 heavy (non-hydrogen) atoms. The summed E-state index contributed by atoms with van der Waals surface area (Å²) in [5.74, 6) is -0.117. The maximum atomic E-state index is 11.0. The summed E-state index contributed by atoms with van der Waals surface area (Å²) in [7, 11) is 0. The molecule has 0 radical (unpaired) electrons. The molecule has 0 amide bonds. The third-order valence-corrected chi connectivity index (χ3v) is 2.43. The molecule has 3 heteroatoms. The van der Waals surface area contributed by atoms with Crippen molar-refractivity contribution in [3.63, 3.8) is 0 Å². The zero-order valence-electron chi connectivity index (χ0n) is 7.60. The van der Waals surface area contributed by atoms with Crippen LogP contribution < -0.4 is 0 Å². The van der Waals surface area contributed by atoms with Crippen LogP contribution in [0.1, 0.15) is 33.1 Å². The van der Waals surface area contributed by atoms with E-state index in [0.717, 1.165) is 18.4 Å². The number of hydrogen-bond donors (Lipinski definition) is 0. The summed E-state index contributed by atoms with van der Waals surface area (Å²) in [5.41, 5.74) is 1.05. The minimum Gasteiger partial charge on any atom is -0.465 e. The first-order chi connectivity index (χ1) is 5.70. The molecule has 0 aliphatic carbocycles. The van der Waals surface area contributed by atoms with E-state index in [1.807, 2.05) is 11.0 Å². The highest BCUT2D eigenvalue weighted by atomic mass is 127. The van der Waals surface area contributed by atoms with Crippen LogP contribution in [-0.2, 0) is 9.53 Å². The molecular weight excluding hydrogens is 267 g/mol. The Morgan fingerprint density at radius 1 is 1.58 bits per heavy atom. The second-order valence-electron chi connectivity index (χ2n) is 2.71. The molecule has 2 nitrogen and oxygen atoms in total. The topological polar surface area (TPSA) is 26.3 Å². The van der Waals surface area contributed by atoms with Gasteiger partial charge in [-0.15, -0.1) is 0 Å². The normalized spacial score (nSPS) is 11.4. The minimum absolute atomic E-state index is 0.117. The van der Waals surface area contributed by atoms with Crippen molar-refractivity contribution in [2.24, 2.45) is 0 Å². The molecule has 0 aliphatic heterocycles. The van der Waals surface area contributed by atoms with E-state index in [9.17, 15) is 4.79 Å². The number of unbranched alkanes of at least 4 members (excludes halogenated alkanes) is 1. The molecule has 0 fully saturated rings. The summed E-state index contributed by atoms with van der Waals surface area (Å²) < 4.78 is 6.87. The fourth-order valence-corrected chi connectivity index (χ4v) is 0.868. The van der Waals surface area contributed by atoms with Gasteiger partial charge in [0.25, 0.3) is 0 Å². The molecule has 0 N–H and O–H groups in total. The summed E-state index contributed by atoms with van der Waals surface area (Å²) in [6.45, 7) is 4.56. The summed E-state index contributed by atoms with van der Waals surface area (Å²) in [6.07, 6.45) is 2.44. The average Bonchev–Trinajstić information content (AvgIpc) is 2.05. The van der Waals surface area contributed by atoms with Crippen LogP contribution in [-0.4, -0.2) is 12.6 Å². The summed E-state index contributed by atoms with van der Waals surface area (Å²) >= 11 is 2.12. The number of carbonyl (C=O) groups excluding carboxylic acids is 1. The Bertz CT molecular complexity index is 164. The monoisotopic (exact) mass is 282 g/mol. The van der Waals surface area contributed by atoms with Gasteiger partial charge in [-0.1, -0.05) is 41.5 Å². The van der Waals surface area contributed by atoms with Crippen LogP contribution in [0.15, 0.2) is 9.66 Å². The molecule has 0 unspecified atom stereocenters. The van der Waals surface area contributed by atoms with Crippen molar-refractivity contribution in [2.75, 3.05) is 6.61 Å². The number of halogens is 1. The largest absolute Gasteiger partial charge is 0.465 e. The molecule has 0 aromatic carbocycles. The zero-order valence-corrected chi connectivity index (χ0v) is 9.76. The number of ether oxygens (including phenoxy) is 1. The fourth-order valence-electron chi connectivity index (χ4n) is 0.648. The highest BCUT2D eigenvalue weighted by Gasteiger charge is 2.02. The van der Waals surface area contributed by atoms with Crippen molar-refractivity contribution in [1.82, 2.24) is 0 Å². The van der Waals surface area contributed by atoms with E-state index in [1.165, 1.54) is 0 Å². The van der Waals surface area contributed by atoms with Gasteiger partial charge in [0, 0.05) is 0 Å². The molecule has 0 aromatic heterocycles. The van der Waals surface area contributed by atoms with Crippen LogP contribution >= 0.6 is 22.6 Å². The third-order valence-electron chi connectivity index (χ3n) is 1.37. The van der Waals surface area contributed by atoms with Gasteiger partial charge in [0.2, 0.25) is 0 Å². The number of hydrogen-bond acceptors (Lipinski definition) is 2. The third kappa shape index (κ3) is 6.64. The van der Waals surface area contributed by atoms with E-state index in [4.69, 9.17) is 4.74 Å². The summed E-state index contributed by atoms with van der Waals surface area (Å²) in [6, 6.07) is 0. The van der Waals surface area contributed by atoms with Gasteiger partial charge in [0.15, 0.2) is 0 Å². The number of carbonyl (C=O) groups is 1. The van der Waals surface area contributed by atoms with Crippen molar-refractivity contribution in [1.29, 1.82) is 0 Å². The van der Waals surface area contributed by atoms with Gasteiger partial charge in [-0.2, -0.15) is 0 Å². The lowest BCUT2D eigenvalue weighted by Crippen LogP contribution is -2.05. The van der Waals surface area contributed by atoms with Gasteiger partial charge in [-0.25, -0.2) is 0 Å². The van der Waals surface area contributed by atoms with Gasteiger partial charge < -0.3 is 4.74 Å². The fraction of sp³-hybridized carbons (Fsp3) is 0.667. The second kappa shape index (κ2) is 7.58. The molecule has 0 spiro atoms. The van der Waals surface area contributed by atoms with E-state index >= 15 is 0 Å². The van der Waals surface area contributed by atoms with Gasteiger partial charge in [-0.3, -0.25) is 4.79 Å². The molecule has 0 saturated carbocycles. The van der Waals surface area contributed by atoms with Gasteiger partial charge in [-0.05, 0) is 17.4 Å². The Labute approximate surface area is 87.5 Å². The average molecular weight is 282 g/mol. The SMILES string of the molecule is CCCCOC(=O)C/C(C)=C/I. The van der Waals surface area contributed by atoms with Crippen LogP contribution in [0.2, 0.25) is 0 Å². The Balaban J connectivity index is 3.47. The molecule has 0 heterocycles. The van der Waals surface area contributed by atoms with E-state index in [-0.39, 0.29) is 5.97 Å². The van der Waals surface area contributed by atoms with Crippen LogP contribution in [0.3, 0.4) is 0 Å². The Morgan fingerprint density at radius 2 is 2.25 bits per heavy atom. The predicted molar refractivity (Wildman–Crippen MR) is 58.3 cm³/mol. The van der Waals surface area contributed by atoms with E-state index < -0.39 is 0 Å². The Kier molecular flexibility index (Phi) is 7.54. The van der Waals surface area contributed by atoms with Gasteiger partial charge in [0.05, 0.1) is 13.0 Å². The van der Waals surface area contributed by atoms with Gasteiger partial charge >= 0.3 is 5.97 Å². The molecule has 0 atom stereocenters. The number of rotatable bonds is 5. The minimum atomic E-state index is -0.117. The summed E-state index contributed by atoms with van der Waals surface area (Å²) in [4.78, 5) is 11.0. The first-order valence-corrected chi connectivity index (χ1v) is 5.36. The highest BCUT2D eigenvalue weighted by molar-refractivity contribution is 14.1. The van der Waals surface area contributed by atoms with Crippen molar-refractivity contribution >= 4 is 28.6 Å². The highest BCUT2D eigenvalue weighted by Crippen LogP contribution is 2.04. The lowest BCUT2D eigenvalue weighted by atomic mass is 10.2. The van der Waals surface area contributed by atoms with Crippen LogP contribution in [0, 0.1) is 0 Å². The van der Waals surface area contributed by atoms with Crippen LogP contribution in [0.5, 0.6) is 0 Å².